The normalized spacial score (nSPS) is 8.56. The Morgan fingerprint density at radius 2 is 1.89 bits per heavy atom. The summed E-state index contributed by atoms with van der Waals surface area (Å²) in [6.45, 7) is 2.26. The molecule has 0 saturated heterocycles. The number of hydrogen-bond donors (Lipinski definition) is 0. The van der Waals surface area contributed by atoms with E-state index in [0.29, 0.717) is 0 Å². The zero-order valence-electron chi connectivity index (χ0n) is 5.80. The van der Waals surface area contributed by atoms with E-state index in [1.165, 1.54) is 4.55 Å². The molecule has 0 heterocycles. The van der Waals surface area contributed by atoms with Gasteiger partial charge < -0.3 is 0 Å². The maximum atomic E-state index is 2.26. The van der Waals surface area contributed by atoms with E-state index >= 15 is 0 Å². The molecule has 0 spiro atoms. The molecule has 0 radical (unpaired) electrons. The predicted molar refractivity (Wildman–Crippen MR) is 42.3 cm³/mol. The second-order valence-corrected chi connectivity index (χ2v) is 4.55. The average molecular weight is 130 g/mol. The minimum atomic E-state index is 0.0990. The molecule has 0 bridgehead atoms. The van der Waals surface area contributed by atoms with Crippen LogP contribution in [-0.2, 0) is 0 Å². The highest BCUT2D eigenvalue weighted by Crippen LogP contribution is 1.82. The van der Waals surface area contributed by atoms with Gasteiger partial charge in [-0.25, -0.2) is 0 Å². The van der Waals surface area contributed by atoms with Crippen LogP contribution in [0.2, 0.25) is 4.55 Å². The Hall–Kier alpha value is -0.0138. The van der Waals surface area contributed by atoms with Gasteiger partial charge in [0.2, 0.25) is 0 Å². The Kier molecular flexibility index (Phi) is 3.08. The first-order chi connectivity index (χ1) is 4.43. The average Bonchev–Trinajstić information content (AvgIpc) is 1.91. The SMILES string of the molecule is C[CH2][Mg][c]1ccccc1. The molecule has 1 aromatic carbocycles. The lowest BCUT2D eigenvalue weighted by molar-refractivity contribution is 1.46. The van der Waals surface area contributed by atoms with Gasteiger partial charge in [0, 0.05) is 0 Å². The van der Waals surface area contributed by atoms with Gasteiger partial charge in [-0.1, -0.05) is 37.3 Å². The molecule has 0 nitrogen and oxygen atoms in total. The van der Waals surface area contributed by atoms with Crippen LogP contribution in [0.3, 0.4) is 0 Å². The Morgan fingerprint density at radius 3 is 2.44 bits per heavy atom. The summed E-state index contributed by atoms with van der Waals surface area (Å²) in [5.41, 5.74) is 0. The third kappa shape index (κ3) is 2.37. The van der Waals surface area contributed by atoms with Crippen LogP contribution in [0, 0.1) is 0 Å². The molecule has 0 N–H and O–H groups in total. The summed E-state index contributed by atoms with van der Waals surface area (Å²) < 4.78 is 2.96. The molecular weight excluding hydrogens is 120 g/mol. The fourth-order valence-corrected chi connectivity index (χ4v) is 2.12. The maximum Gasteiger partial charge on any atom is 0.408 e. The van der Waals surface area contributed by atoms with Crippen LogP contribution in [0.5, 0.6) is 0 Å². The molecule has 0 unspecified atom stereocenters. The molecular formula is C8H10Mg. The van der Waals surface area contributed by atoms with E-state index in [1.54, 1.807) is 3.69 Å². The minimum absolute atomic E-state index is 0.0990. The van der Waals surface area contributed by atoms with Crippen molar-refractivity contribution in [2.45, 2.75) is 11.5 Å². The monoisotopic (exact) mass is 130 g/mol. The van der Waals surface area contributed by atoms with Gasteiger partial charge in [-0.15, -0.1) is 4.55 Å². The number of benzene rings is 1. The van der Waals surface area contributed by atoms with Crippen molar-refractivity contribution in [1.29, 1.82) is 0 Å². The zero-order valence-corrected chi connectivity index (χ0v) is 7.22. The maximum absolute atomic E-state index is 2.26. The van der Waals surface area contributed by atoms with E-state index in [0.717, 1.165) is 0 Å². The Morgan fingerprint density at radius 1 is 1.22 bits per heavy atom. The summed E-state index contributed by atoms with van der Waals surface area (Å²) in [6, 6.07) is 10.8. The Bertz CT molecular complexity index is 157. The van der Waals surface area contributed by atoms with Crippen molar-refractivity contribution < 1.29 is 0 Å². The molecule has 0 aliphatic rings. The van der Waals surface area contributed by atoms with Gasteiger partial charge in [-0.3, -0.25) is 0 Å². The highest BCUT2D eigenvalue weighted by atomic mass is 24.5. The highest BCUT2D eigenvalue weighted by molar-refractivity contribution is 6.53. The summed E-state index contributed by atoms with van der Waals surface area (Å²) in [5.74, 6) is 0. The molecule has 0 atom stereocenters. The fourth-order valence-electron chi connectivity index (χ4n) is 0.933. The van der Waals surface area contributed by atoms with Gasteiger partial charge in [0.25, 0.3) is 0 Å². The van der Waals surface area contributed by atoms with Gasteiger partial charge in [-0.05, 0) is 0 Å². The molecule has 0 aliphatic heterocycles. The second-order valence-electron chi connectivity index (χ2n) is 2.24. The number of hydrogen-bond acceptors (Lipinski definition) is 0. The van der Waals surface area contributed by atoms with Crippen LogP contribution >= 0.6 is 0 Å². The third-order valence-corrected chi connectivity index (χ3v) is 2.93. The summed E-state index contributed by atoms with van der Waals surface area (Å²) >= 11 is 0.0990. The van der Waals surface area contributed by atoms with E-state index in [4.69, 9.17) is 0 Å². The van der Waals surface area contributed by atoms with Crippen LogP contribution in [0.25, 0.3) is 0 Å². The Balaban J connectivity index is 2.61. The third-order valence-electron chi connectivity index (χ3n) is 1.38. The largest absolute Gasteiger partial charge is 0.408 e. The van der Waals surface area contributed by atoms with Crippen LogP contribution < -0.4 is 3.69 Å². The molecule has 0 fully saturated rings. The van der Waals surface area contributed by atoms with Crippen molar-refractivity contribution in [2.24, 2.45) is 0 Å². The summed E-state index contributed by atoms with van der Waals surface area (Å²) in [6.07, 6.45) is 0. The van der Waals surface area contributed by atoms with Crippen LogP contribution in [0.4, 0.5) is 0 Å². The summed E-state index contributed by atoms with van der Waals surface area (Å²) in [7, 11) is 0. The van der Waals surface area contributed by atoms with Crippen molar-refractivity contribution in [3.63, 3.8) is 0 Å². The zero-order chi connectivity index (χ0) is 6.53. The minimum Gasteiger partial charge on any atom is -0.174 e. The molecule has 1 rings (SSSR count). The summed E-state index contributed by atoms with van der Waals surface area (Å²) in [4.78, 5) is 0. The smallest absolute Gasteiger partial charge is 0.174 e. The van der Waals surface area contributed by atoms with Gasteiger partial charge >= 0.3 is 20.4 Å². The molecule has 0 aliphatic carbocycles. The van der Waals surface area contributed by atoms with Crippen LogP contribution in [0.1, 0.15) is 6.92 Å². The lowest BCUT2D eigenvalue weighted by atomic mass is 10.4. The standard InChI is InChI=1S/C6H5.C2H5.Mg/c1-2-4-6-5-3-1;1-2;/h1-5H;1H2,2H3;. The lowest BCUT2D eigenvalue weighted by Gasteiger charge is -1.91. The molecule has 0 saturated carbocycles. The molecule has 0 amide bonds. The fraction of sp³-hybridized carbons (Fsp3) is 0.250. The quantitative estimate of drug-likeness (QED) is 0.532. The van der Waals surface area contributed by atoms with Crippen molar-refractivity contribution >= 4 is 24.1 Å². The van der Waals surface area contributed by atoms with Gasteiger partial charge in [0.1, 0.15) is 0 Å². The second kappa shape index (κ2) is 3.91. The van der Waals surface area contributed by atoms with Gasteiger partial charge in [-0.2, -0.15) is 3.69 Å². The first-order valence-electron chi connectivity index (χ1n) is 3.47. The van der Waals surface area contributed by atoms with Gasteiger partial charge in [0.05, 0.1) is 0 Å². The van der Waals surface area contributed by atoms with Crippen molar-refractivity contribution in [2.75, 3.05) is 0 Å². The van der Waals surface area contributed by atoms with E-state index in [1.807, 2.05) is 0 Å². The first kappa shape index (κ1) is 7.10. The van der Waals surface area contributed by atoms with Crippen molar-refractivity contribution in [3.8, 4) is 0 Å². The highest BCUT2D eigenvalue weighted by Gasteiger charge is 1.91. The van der Waals surface area contributed by atoms with E-state index in [-0.39, 0.29) is 20.4 Å². The van der Waals surface area contributed by atoms with E-state index in [2.05, 4.69) is 37.3 Å². The lowest BCUT2D eigenvalue weighted by Crippen LogP contribution is -2.10. The summed E-state index contributed by atoms with van der Waals surface area (Å²) in [5, 5.41) is 0. The molecule has 9 heavy (non-hydrogen) atoms. The Labute approximate surface area is 66.0 Å². The first-order valence-corrected chi connectivity index (χ1v) is 5.18. The van der Waals surface area contributed by atoms with Crippen molar-refractivity contribution in [1.82, 2.24) is 0 Å². The van der Waals surface area contributed by atoms with Gasteiger partial charge in [0.15, 0.2) is 0 Å². The topological polar surface area (TPSA) is 0 Å². The number of rotatable bonds is 2. The molecule has 1 aromatic rings. The molecule has 0 aromatic heterocycles. The van der Waals surface area contributed by atoms with Crippen LogP contribution in [-0.4, -0.2) is 20.4 Å². The molecule has 44 valence electrons. The predicted octanol–water partition coefficient (Wildman–Crippen LogP) is 1.45. The van der Waals surface area contributed by atoms with E-state index < -0.39 is 0 Å². The van der Waals surface area contributed by atoms with Crippen molar-refractivity contribution in [3.05, 3.63) is 30.3 Å². The van der Waals surface area contributed by atoms with E-state index in [9.17, 15) is 0 Å². The molecule has 1 heteroatoms. The van der Waals surface area contributed by atoms with Crippen LogP contribution in [0.15, 0.2) is 30.3 Å².